The van der Waals surface area contributed by atoms with Gasteiger partial charge in [0.2, 0.25) is 0 Å². The van der Waals surface area contributed by atoms with Crippen LogP contribution in [-0.4, -0.2) is 24.5 Å². The number of carbonyl (C=O) groups is 2. The summed E-state index contributed by atoms with van der Waals surface area (Å²) in [5.41, 5.74) is 3.84. The van der Waals surface area contributed by atoms with Crippen LogP contribution in [0.15, 0.2) is 50.9 Å². The van der Waals surface area contributed by atoms with E-state index in [0.29, 0.717) is 38.3 Å². The van der Waals surface area contributed by atoms with Gasteiger partial charge in [0, 0.05) is 4.47 Å². The van der Waals surface area contributed by atoms with Gasteiger partial charge < -0.3 is 9.47 Å². The number of hydrogen-bond acceptors (Lipinski definition) is 4. The van der Waals surface area contributed by atoms with Crippen molar-refractivity contribution in [3.63, 3.8) is 0 Å². The number of anilines is 1. The van der Waals surface area contributed by atoms with E-state index in [1.165, 1.54) is 5.01 Å². The lowest BCUT2D eigenvalue weighted by Gasteiger charge is -2.19. The maximum atomic E-state index is 12.9. The number of rotatable bonds is 7. The molecule has 2 amide bonds. The normalized spacial score (nSPS) is 16.0. The molecule has 1 fully saturated rings. The number of halogens is 2. The zero-order chi connectivity index (χ0) is 21.8. The van der Waals surface area contributed by atoms with E-state index in [1.807, 2.05) is 26.8 Å². The second-order valence-electron chi connectivity index (χ2n) is 6.67. The number of ether oxygens (including phenoxy) is 2. The van der Waals surface area contributed by atoms with Crippen LogP contribution in [0.5, 0.6) is 11.5 Å². The molecule has 0 aliphatic carbocycles. The molecule has 1 N–H and O–H groups in total. The molecule has 0 unspecified atom stereocenters. The largest absolute Gasteiger partial charge is 0.490 e. The van der Waals surface area contributed by atoms with Gasteiger partial charge in [0.1, 0.15) is 5.57 Å². The van der Waals surface area contributed by atoms with Crippen molar-refractivity contribution in [1.29, 1.82) is 0 Å². The molecule has 158 valence electrons. The van der Waals surface area contributed by atoms with Gasteiger partial charge >= 0.3 is 0 Å². The quantitative estimate of drug-likeness (QED) is 0.387. The third-order valence-electron chi connectivity index (χ3n) is 4.56. The molecular weight excluding hydrogens is 516 g/mol. The second kappa shape index (κ2) is 9.66. The van der Waals surface area contributed by atoms with E-state index in [1.54, 1.807) is 36.4 Å². The van der Waals surface area contributed by atoms with Crippen LogP contribution < -0.4 is 19.9 Å². The Morgan fingerprint density at radius 2 is 1.83 bits per heavy atom. The summed E-state index contributed by atoms with van der Waals surface area (Å²) in [5.74, 6) is 0.218. The van der Waals surface area contributed by atoms with Gasteiger partial charge in [0.25, 0.3) is 11.8 Å². The van der Waals surface area contributed by atoms with Crippen LogP contribution >= 0.6 is 31.9 Å². The highest BCUT2D eigenvalue weighted by Gasteiger charge is 2.34. The van der Waals surface area contributed by atoms with E-state index in [0.717, 1.165) is 6.42 Å². The number of nitrogens with one attached hydrogen (secondary N) is 1. The molecule has 0 spiro atoms. The highest BCUT2D eigenvalue weighted by molar-refractivity contribution is 9.13. The first kappa shape index (κ1) is 22.4. The summed E-state index contributed by atoms with van der Waals surface area (Å²) in [5, 5.41) is 1.24. The Morgan fingerprint density at radius 3 is 2.47 bits per heavy atom. The van der Waals surface area contributed by atoms with Crippen LogP contribution in [0, 0.1) is 0 Å². The van der Waals surface area contributed by atoms with Gasteiger partial charge in [-0.1, -0.05) is 25.1 Å². The molecule has 8 heteroatoms. The van der Waals surface area contributed by atoms with Gasteiger partial charge in [0.05, 0.1) is 22.9 Å². The lowest BCUT2D eigenvalue weighted by atomic mass is 10.1. The molecule has 1 aliphatic rings. The van der Waals surface area contributed by atoms with Gasteiger partial charge in [0.15, 0.2) is 11.5 Å². The average molecular weight is 538 g/mol. The standard InChI is InChI=1S/C22H22Br2N2O4/c1-4-13(3)30-20-17(29-5-2)12-14(18(23)19(20)24)11-16-21(27)25-26(22(16)28)15-9-7-6-8-10-15/h6-13H,4-5H2,1-3H3,(H,25,27)/b16-11-/t13-/m0/s1. The Bertz CT molecular complexity index is 992. The topological polar surface area (TPSA) is 67.9 Å². The minimum Gasteiger partial charge on any atom is -0.490 e. The molecule has 3 rings (SSSR count). The van der Waals surface area contributed by atoms with Crippen molar-refractivity contribution in [2.45, 2.75) is 33.3 Å². The van der Waals surface area contributed by atoms with Crippen molar-refractivity contribution in [2.75, 3.05) is 11.6 Å². The van der Waals surface area contributed by atoms with Crippen LogP contribution in [0.25, 0.3) is 6.08 Å². The second-order valence-corrected chi connectivity index (χ2v) is 8.25. The number of carbonyl (C=O) groups excluding carboxylic acids is 2. The maximum Gasteiger partial charge on any atom is 0.282 e. The Hall–Kier alpha value is -2.32. The Morgan fingerprint density at radius 1 is 1.13 bits per heavy atom. The minimum absolute atomic E-state index is 0.00164. The van der Waals surface area contributed by atoms with Crippen LogP contribution in [0.1, 0.15) is 32.8 Å². The van der Waals surface area contributed by atoms with Crippen LogP contribution in [0.4, 0.5) is 5.69 Å². The van der Waals surface area contributed by atoms with Crippen molar-refractivity contribution in [3.05, 3.63) is 56.5 Å². The van der Waals surface area contributed by atoms with E-state index in [4.69, 9.17) is 9.47 Å². The third-order valence-corrected chi connectivity index (χ3v) is 6.70. The SMILES string of the molecule is CCOc1cc(/C=C2/C(=O)NN(c3ccccc3)C2=O)c(Br)c(Br)c1O[C@@H](C)CC. The van der Waals surface area contributed by atoms with Crippen molar-refractivity contribution >= 4 is 55.4 Å². The van der Waals surface area contributed by atoms with Gasteiger partial charge in [-0.15, -0.1) is 0 Å². The fourth-order valence-electron chi connectivity index (χ4n) is 2.84. The van der Waals surface area contributed by atoms with E-state index in [2.05, 4.69) is 37.3 Å². The monoisotopic (exact) mass is 536 g/mol. The molecule has 0 aromatic heterocycles. The summed E-state index contributed by atoms with van der Waals surface area (Å²) in [6, 6.07) is 10.7. The van der Waals surface area contributed by atoms with Gasteiger partial charge in [-0.3, -0.25) is 15.0 Å². The first-order chi connectivity index (χ1) is 14.4. The molecule has 1 saturated heterocycles. The number of nitrogens with zero attached hydrogens (tertiary/aromatic N) is 1. The number of benzene rings is 2. The molecule has 1 aliphatic heterocycles. The molecular formula is C22H22Br2N2O4. The van der Waals surface area contributed by atoms with E-state index in [-0.39, 0.29) is 11.7 Å². The van der Waals surface area contributed by atoms with E-state index in [9.17, 15) is 9.59 Å². The lowest BCUT2D eigenvalue weighted by Crippen LogP contribution is -2.35. The van der Waals surface area contributed by atoms with Crippen LogP contribution in [0.2, 0.25) is 0 Å². The molecule has 0 radical (unpaired) electrons. The highest BCUT2D eigenvalue weighted by Crippen LogP contribution is 2.44. The predicted octanol–water partition coefficient (Wildman–Crippen LogP) is 5.25. The number of hydrazine groups is 1. The maximum absolute atomic E-state index is 12.9. The summed E-state index contributed by atoms with van der Waals surface area (Å²) >= 11 is 7.11. The summed E-state index contributed by atoms with van der Waals surface area (Å²) in [6.07, 6.45) is 2.38. The first-order valence-electron chi connectivity index (χ1n) is 9.60. The van der Waals surface area contributed by atoms with Crippen molar-refractivity contribution in [1.82, 2.24) is 5.43 Å². The van der Waals surface area contributed by atoms with Crippen LogP contribution in [-0.2, 0) is 9.59 Å². The van der Waals surface area contributed by atoms with Crippen molar-refractivity contribution < 1.29 is 19.1 Å². The smallest absolute Gasteiger partial charge is 0.282 e. The van der Waals surface area contributed by atoms with Crippen molar-refractivity contribution in [2.24, 2.45) is 0 Å². The third kappa shape index (κ3) is 4.54. The zero-order valence-corrected chi connectivity index (χ0v) is 20.0. The summed E-state index contributed by atoms with van der Waals surface area (Å²) in [6.45, 7) is 6.34. The van der Waals surface area contributed by atoms with Gasteiger partial charge in [-0.05, 0) is 82.0 Å². The minimum atomic E-state index is -0.468. The van der Waals surface area contributed by atoms with Crippen molar-refractivity contribution in [3.8, 4) is 11.5 Å². The molecule has 2 aromatic carbocycles. The number of amides is 2. The number of para-hydroxylation sites is 1. The summed E-state index contributed by atoms with van der Waals surface area (Å²) < 4.78 is 13.1. The first-order valence-corrected chi connectivity index (χ1v) is 11.2. The average Bonchev–Trinajstić information content (AvgIpc) is 3.03. The molecule has 6 nitrogen and oxygen atoms in total. The molecule has 1 heterocycles. The lowest BCUT2D eigenvalue weighted by molar-refractivity contribution is -0.117. The molecule has 0 saturated carbocycles. The summed E-state index contributed by atoms with van der Waals surface area (Å²) in [4.78, 5) is 25.4. The fourth-order valence-corrected chi connectivity index (χ4v) is 3.77. The Kier molecular flexibility index (Phi) is 7.20. The highest BCUT2D eigenvalue weighted by atomic mass is 79.9. The Balaban J connectivity index is 2.02. The van der Waals surface area contributed by atoms with Crippen LogP contribution in [0.3, 0.4) is 0 Å². The molecule has 1 atom stereocenters. The molecule has 30 heavy (non-hydrogen) atoms. The zero-order valence-electron chi connectivity index (χ0n) is 16.9. The molecule has 0 bridgehead atoms. The van der Waals surface area contributed by atoms with E-state index < -0.39 is 11.8 Å². The summed E-state index contributed by atoms with van der Waals surface area (Å²) in [7, 11) is 0. The molecule has 2 aromatic rings. The van der Waals surface area contributed by atoms with Gasteiger partial charge in [-0.2, -0.15) is 0 Å². The van der Waals surface area contributed by atoms with E-state index >= 15 is 0 Å². The van der Waals surface area contributed by atoms with Gasteiger partial charge in [-0.25, -0.2) is 5.01 Å². The Labute approximate surface area is 192 Å². The fraction of sp³-hybridized carbons (Fsp3) is 0.273. The predicted molar refractivity (Wildman–Crippen MR) is 123 cm³/mol. The number of hydrogen-bond donors (Lipinski definition) is 1.